The van der Waals surface area contributed by atoms with E-state index in [-0.39, 0.29) is 0 Å². The Morgan fingerprint density at radius 3 is 2.24 bits per heavy atom. The first-order valence-electron chi connectivity index (χ1n) is 5.51. The number of hydrogen-bond acceptors (Lipinski definition) is 3. The maximum atomic E-state index is 11.8. The fourth-order valence-corrected chi connectivity index (χ4v) is 3.55. The predicted molar refractivity (Wildman–Crippen MR) is 71.7 cm³/mol. The van der Waals surface area contributed by atoms with Crippen molar-refractivity contribution in [2.24, 2.45) is 0 Å². The number of anilines is 1. The topological polar surface area (TPSA) is 60.2 Å². The molecule has 4 heteroatoms. The van der Waals surface area contributed by atoms with Gasteiger partial charge in [0.15, 0.2) is 9.84 Å². The molecule has 2 rings (SSSR count). The van der Waals surface area contributed by atoms with Crippen LogP contribution in [0.25, 0.3) is 6.08 Å². The molecule has 1 aromatic rings. The highest BCUT2D eigenvalue weighted by Gasteiger charge is 2.30. The van der Waals surface area contributed by atoms with Gasteiger partial charge in [0.2, 0.25) is 0 Å². The lowest BCUT2D eigenvalue weighted by molar-refractivity contribution is 0.596. The smallest absolute Gasteiger partial charge is 0.158 e. The molecule has 1 aliphatic rings. The summed E-state index contributed by atoms with van der Waals surface area (Å²) in [5.41, 5.74) is 11.6. The van der Waals surface area contributed by atoms with Crippen LogP contribution in [0.5, 0.6) is 0 Å². The minimum absolute atomic E-state index is 0.543. The van der Waals surface area contributed by atoms with Crippen molar-refractivity contribution in [3.8, 4) is 0 Å². The molecule has 0 bridgehead atoms. The van der Waals surface area contributed by atoms with E-state index in [0.717, 1.165) is 27.8 Å². The Morgan fingerprint density at radius 2 is 1.71 bits per heavy atom. The average molecular weight is 251 g/mol. The van der Waals surface area contributed by atoms with E-state index in [1.165, 1.54) is 6.26 Å². The maximum Gasteiger partial charge on any atom is 0.158 e. The van der Waals surface area contributed by atoms with Crippen LogP contribution in [0, 0.1) is 20.8 Å². The van der Waals surface area contributed by atoms with Crippen molar-refractivity contribution in [1.29, 1.82) is 0 Å². The third kappa shape index (κ3) is 1.67. The number of rotatable bonds is 1. The van der Waals surface area contributed by atoms with Gasteiger partial charge in [-0.2, -0.15) is 0 Å². The summed E-state index contributed by atoms with van der Waals surface area (Å²) in [6, 6.07) is 0. The molecule has 92 valence electrons. The number of hydrogen-bond donors (Lipinski definition) is 1. The van der Waals surface area contributed by atoms with E-state index in [1.807, 2.05) is 26.8 Å². The van der Waals surface area contributed by atoms with Gasteiger partial charge in [-0.25, -0.2) is 8.42 Å². The lowest BCUT2D eigenvalue weighted by Gasteiger charge is -2.18. The van der Waals surface area contributed by atoms with Gasteiger partial charge in [-0.05, 0) is 48.6 Å². The second kappa shape index (κ2) is 3.60. The molecule has 0 amide bonds. The van der Waals surface area contributed by atoms with Gasteiger partial charge in [0.05, 0.1) is 0 Å². The van der Waals surface area contributed by atoms with Crippen molar-refractivity contribution in [3.05, 3.63) is 33.9 Å². The van der Waals surface area contributed by atoms with Gasteiger partial charge >= 0.3 is 0 Å². The van der Waals surface area contributed by atoms with Gasteiger partial charge in [0.1, 0.15) is 5.25 Å². The molecule has 0 saturated carbocycles. The van der Waals surface area contributed by atoms with Crippen molar-refractivity contribution in [2.45, 2.75) is 26.0 Å². The van der Waals surface area contributed by atoms with Gasteiger partial charge in [-0.3, -0.25) is 0 Å². The summed E-state index contributed by atoms with van der Waals surface area (Å²) in [6.45, 7) is 5.85. The zero-order chi connectivity index (χ0) is 13.0. The Kier molecular flexibility index (Phi) is 2.58. The summed E-state index contributed by atoms with van der Waals surface area (Å²) in [4.78, 5) is 0. The van der Waals surface area contributed by atoms with Crippen LogP contribution < -0.4 is 5.73 Å². The van der Waals surface area contributed by atoms with E-state index in [9.17, 15) is 8.42 Å². The molecule has 1 unspecified atom stereocenters. The first-order chi connectivity index (χ1) is 7.75. The van der Waals surface area contributed by atoms with Crippen molar-refractivity contribution >= 4 is 21.6 Å². The van der Waals surface area contributed by atoms with Gasteiger partial charge in [0.25, 0.3) is 0 Å². The Labute approximate surface area is 102 Å². The fraction of sp³-hybridized carbons (Fsp3) is 0.385. The maximum absolute atomic E-state index is 11.8. The highest BCUT2D eigenvalue weighted by molar-refractivity contribution is 7.91. The fourth-order valence-electron chi connectivity index (χ4n) is 2.45. The number of fused-ring (bicyclic) bond motifs is 1. The summed E-state index contributed by atoms with van der Waals surface area (Å²) in [6.07, 6.45) is 4.91. The van der Waals surface area contributed by atoms with Crippen molar-refractivity contribution in [2.75, 3.05) is 12.0 Å². The minimum atomic E-state index is -3.13. The van der Waals surface area contributed by atoms with E-state index >= 15 is 0 Å². The molecule has 1 atom stereocenters. The second-order valence-electron chi connectivity index (χ2n) is 4.73. The van der Waals surface area contributed by atoms with E-state index in [0.29, 0.717) is 5.69 Å². The lowest BCUT2D eigenvalue weighted by atomic mass is 9.93. The quantitative estimate of drug-likeness (QED) is 0.779. The van der Waals surface area contributed by atoms with Gasteiger partial charge in [-0.1, -0.05) is 12.2 Å². The molecule has 1 aromatic carbocycles. The van der Waals surface area contributed by atoms with Gasteiger partial charge < -0.3 is 5.73 Å². The first kappa shape index (κ1) is 12.2. The molecule has 0 aromatic heterocycles. The monoisotopic (exact) mass is 251 g/mol. The SMILES string of the molecule is Cc1c(C)c2c(c(C)c1N)C(S(C)(=O)=O)C=C2. The summed E-state index contributed by atoms with van der Waals surface area (Å²) in [7, 11) is -3.13. The Morgan fingerprint density at radius 1 is 1.12 bits per heavy atom. The third-order valence-corrected chi connectivity index (χ3v) is 4.97. The summed E-state index contributed by atoms with van der Waals surface area (Å²) in [5, 5.41) is -0.543. The Hall–Kier alpha value is -1.29. The predicted octanol–water partition coefficient (Wildman–Crippen LogP) is 2.31. The summed E-state index contributed by atoms with van der Waals surface area (Å²) >= 11 is 0. The van der Waals surface area contributed by atoms with E-state index in [2.05, 4.69) is 0 Å². The Balaban J connectivity index is 2.82. The van der Waals surface area contributed by atoms with Crippen LogP contribution in [-0.2, 0) is 9.84 Å². The molecule has 0 saturated heterocycles. The number of sulfone groups is 1. The van der Waals surface area contributed by atoms with Gasteiger partial charge in [-0.15, -0.1) is 0 Å². The highest BCUT2D eigenvalue weighted by atomic mass is 32.2. The second-order valence-corrected chi connectivity index (χ2v) is 6.89. The third-order valence-electron chi connectivity index (χ3n) is 3.65. The van der Waals surface area contributed by atoms with Crippen LogP contribution in [0.15, 0.2) is 6.08 Å². The van der Waals surface area contributed by atoms with Gasteiger partial charge in [0, 0.05) is 11.9 Å². The van der Waals surface area contributed by atoms with E-state index in [1.54, 1.807) is 6.08 Å². The van der Waals surface area contributed by atoms with Crippen molar-refractivity contribution in [1.82, 2.24) is 0 Å². The first-order valence-corrected chi connectivity index (χ1v) is 7.46. The molecule has 0 aliphatic heterocycles. The van der Waals surface area contributed by atoms with Crippen LogP contribution in [0.3, 0.4) is 0 Å². The average Bonchev–Trinajstić information content (AvgIpc) is 2.67. The van der Waals surface area contributed by atoms with Crippen molar-refractivity contribution in [3.63, 3.8) is 0 Å². The molecule has 0 heterocycles. The molecule has 0 spiro atoms. The van der Waals surface area contributed by atoms with Crippen LogP contribution in [-0.4, -0.2) is 14.7 Å². The normalized spacial score (nSPS) is 18.5. The molecule has 1 aliphatic carbocycles. The van der Waals surface area contributed by atoms with Crippen LogP contribution in [0.1, 0.15) is 33.1 Å². The van der Waals surface area contributed by atoms with Crippen LogP contribution in [0.2, 0.25) is 0 Å². The zero-order valence-electron chi connectivity index (χ0n) is 10.5. The molecule has 17 heavy (non-hydrogen) atoms. The molecule has 0 radical (unpaired) electrons. The van der Waals surface area contributed by atoms with E-state index in [4.69, 9.17) is 5.73 Å². The molecule has 0 fully saturated rings. The summed E-state index contributed by atoms with van der Waals surface area (Å²) in [5.74, 6) is 0. The van der Waals surface area contributed by atoms with Crippen molar-refractivity contribution < 1.29 is 8.42 Å². The largest absolute Gasteiger partial charge is 0.398 e. The van der Waals surface area contributed by atoms with Crippen LogP contribution in [0.4, 0.5) is 5.69 Å². The van der Waals surface area contributed by atoms with Crippen LogP contribution >= 0.6 is 0 Å². The standard InChI is InChI=1S/C13H17NO2S/c1-7-8(2)13(14)9(3)12-10(7)5-6-11(12)17(4,15)16/h5-6,11H,14H2,1-4H3. The minimum Gasteiger partial charge on any atom is -0.398 e. The summed E-state index contributed by atoms with van der Waals surface area (Å²) < 4.78 is 23.5. The van der Waals surface area contributed by atoms with E-state index < -0.39 is 15.1 Å². The molecule has 2 N–H and O–H groups in total. The molecular formula is C13H17NO2S. The lowest BCUT2D eigenvalue weighted by Crippen LogP contribution is -2.11. The molecule has 3 nitrogen and oxygen atoms in total. The number of nitrogens with two attached hydrogens (primary N) is 1. The number of nitrogen functional groups attached to an aromatic ring is 1. The molecular weight excluding hydrogens is 234 g/mol. The highest BCUT2D eigenvalue weighted by Crippen LogP contribution is 2.41. The zero-order valence-corrected chi connectivity index (χ0v) is 11.4. The Bertz CT molecular complexity index is 628. The number of benzene rings is 1.